The lowest BCUT2D eigenvalue weighted by molar-refractivity contribution is -0.165. The predicted octanol–water partition coefficient (Wildman–Crippen LogP) is 0.511. The van der Waals surface area contributed by atoms with Crippen LogP contribution < -0.4 is 5.73 Å². The lowest BCUT2D eigenvalue weighted by atomic mass is 10.1. The topological polar surface area (TPSA) is 108 Å². The van der Waals surface area contributed by atoms with Gasteiger partial charge in [-0.15, -0.1) is 0 Å². The minimum absolute atomic E-state index is 0.347. The van der Waals surface area contributed by atoms with Crippen molar-refractivity contribution in [2.24, 2.45) is 5.73 Å². The Morgan fingerprint density at radius 1 is 1.16 bits per heavy atom. The van der Waals surface area contributed by atoms with Gasteiger partial charge in [0.15, 0.2) is 0 Å². The van der Waals surface area contributed by atoms with Crippen molar-refractivity contribution in [1.82, 2.24) is 0 Å². The van der Waals surface area contributed by atoms with Crippen molar-refractivity contribution in [3.8, 4) is 0 Å². The van der Waals surface area contributed by atoms with Crippen LogP contribution in [0.5, 0.6) is 0 Å². The highest BCUT2D eigenvalue weighted by Gasteiger charge is 2.24. The van der Waals surface area contributed by atoms with Gasteiger partial charge in [-0.3, -0.25) is 0 Å². The molecule has 0 saturated carbocycles. The summed E-state index contributed by atoms with van der Waals surface area (Å²) in [5.74, 6) is -1.75. The maximum absolute atomic E-state index is 11.4. The Bertz CT molecular complexity index is 308. The van der Waals surface area contributed by atoms with Gasteiger partial charge in [-0.1, -0.05) is 0 Å². The lowest BCUT2D eigenvalue weighted by Crippen LogP contribution is -2.38. The van der Waals surface area contributed by atoms with Crippen molar-refractivity contribution < 1.29 is 28.9 Å². The fourth-order valence-electron chi connectivity index (χ4n) is 1.17. The number of carboxylic acid groups (broad SMARTS) is 1. The van der Waals surface area contributed by atoms with Crippen LogP contribution in [0.25, 0.3) is 0 Å². The van der Waals surface area contributed by atoms with Gasteiger partial charge >= 0.3 is 11.9 Å². The maximum Gasteiger partial charge on any atom is 0.332 e. The van der Waals surface area contributed by atoms with Gasteiger partial charge in [-0.2, -0.15) is 0 Å². The highest BCUT2D eigenvalue weighted by molar-refractivity contribution is 5.72. The first kappa shape index (κ1) is 17.8. The molecule has 0 rings (SSSR count). The van der Waals surface area contributed by atoms with Crippen LogP contribution in [-0.2, 0) is 23.8 Å². The molecule has 0 atom stereocenters. The molecule has 7 heteroatoms. The van der Waals surface area contributed by atoms with Gasteiger partial charge in [0, 0.05) is 6.42 Å². The van der Waals surface area contributed by atoms with Crippen LogP contribution in [0.15, 0.2) is 0 Å². The summed E-state index contributed by atoms with van der Waals surface area (Å²) < 4.78 is 15.1. The van der Waals surface area contributed by atoms with Gasteiger partial charge in [0.25, 0.3) is 0 Å². The molecule has 7 nitrogen and oxygen atoms in total. The Balaban J connectivity index is 3.93. The first-order chi connectivity index (χ1) is 8.52. The minimum Gasteiger partial charge on any atom is -0.480 e. The second-order valence-electron chi connectivity index (χ2n) is 5.32. The van der Waals surface area contributed by atoms with Crippen molar-refractivity contribution in [2.45, 2.75) is 45.4 Å². The van der Waals surface area contributed by atoms with E-state index in [9.17, 15) is 9.59 Å². The number of nitrogens with two attached hydrogens (primary N) is 1. The molecule has 0 spiro atoms. The summed E-state index contributed by atoms with van der Waals surface area (Å²) in [5.41, 5.74) is 4.20. The molecule has 0 fully saturated rings. The molecule has 0 aromatic rings. The van der Waals surface area contributed by atoms with Gasteiger partial charge in [0.2, 0.25) is 0 Å². The molecule has 0 amide bonds. The van der Waals surface area contributed by atoms with Crippen LogP contribution in [0, 0.1) is 0 Å². The molecule has 0 heterocycles. The monoisotopic (exact) mass is 277 g/mol. The van der Waals surface area contributed by atoms with E-state index in [0.717, 1.165) is 0 Å². The second-order valence-corrected chi connectivity index (χ2v) is 5.32. The summed E-state index contributed by atoms with van der Waals surface area (Å²) in [5, 5.41) is 8.35. The zero-order valence-corrected chi connectivity index (χ0v) is 11.9. The Labute approximate surface area is 113 Å². The largest absolute Gasteiger partial charge is 0.480 e. The molecule has 0 aromatic carbocycles. The molecule has 0 aliphatic rings. The Morgan fingerprint density at radius 2 is 1.74 bits per heavy atom. The first-order valence-corrected chi connectivity index (χ1v) is 5.96. The smallest absolute Gasteiger partial charge is 0.332 e. The van der Waals surface area contributed by atoms with E-state index in [4.69, 9.17) is 20.3 Å². The number of esters is 1. The molecule has 0 bridgehead atoms. The van der Waals surface area contributed by atoms with Gasteiger partial charge in [0.05, 0.1) is 6.61 Å². The summed E-state index contributed by atoms with van der Waals surface area (Å²) in [6, 6.07) is 0. The van der Waals surface area contributed by atoms with Crippen LogP contribution in [0.2, 0.25) is 0 Å². The third-order valence-corrected chi connectivity index (χ3v) is 2.01. The summed E-state index contributed by atoms with van der Waals surface area (Å²) in [7, 11) is 0. The number of hydrogen-bond donors (Lipinski definition) is 2. The fourth-order valence-corrected chi connectivity index (χ4v) is 1.17. The average Bonchev–Trinajstić information content (AvgIpc) is 2.12. The fraction of sp³-hybridized carbons (Fsp3) is 0.833. The molecular formula is C12H23NO6. The standard InChI is InChI=1S/C12H23NO6/c1-11(2,5-6-18-12(3,4)13)19-10(16)8-17-7-9(14)15/h5-8,13H2,1-4H3,(H,14,15). The quantitative estimate of drug-likeness (QED) is 0.467. The maximum atomic E-state index is 11.4. The highest BCUT2D eigenvalue weighted by Crippen LogP contribution is 2.16. The average molecular weight is 277 g/mol. The van der Waals surface area contributed by atoms with Crippen molar-refractivity contribution in [1.29, 1.82) is 0 Å². The van der Waals surface area contributed by atoms with Crippen molar-refractivity contribution in [3.05, 3.63) is 0 Å². The summed E-state index contributed by atoms with van der Waals surface area (Å²) >= 11 is 0. The number of hydrogen-bond acceptors (Lipinski definition) is 6. The Hall–Kier alpha value is -1.18. The van der Waals surface area contributed by atoms with Crippen LogP contribution in [0.3, 0.4) is 0 Å². The molecule has 0 aliphatic carbocycles. The molecular weight excluding hydrogens is 254 g/mol. The summed E-state index contributed by atoms with van der Waals surface area (Å²) in [4.78, 5) is 21.6. The normalized spacial score (nSPS) is 12.3. The molecule has 0 aliphatic heterocycles. The van der Waals surface area contributed by atoms with E-state index in [2.05, 4.69) is 4.74 Å². The van der Waals surface area contributed by atoms with Crippen LogP contribution in [0.1, 0.15) is 34.1 Å². The zero-order chi connectivity index (χ0) is 15.1. The van der Waals surface area contributed by atoms with E-state index in [1.807, 2.05) is 0 Å². The SMILES string of the molecule is CC(C)(N)OCCC(C)(C)OC(=O)COCC(=O)O. The van der Waals surface area contributed by atoms with Gasteiger partial charge in [-0.25, -0.2) is 9.59 Å². The molecule has 0 saturated heterocycles. The van der Waals surface area contributed by atoms with E-state index in [1.54, 1.807) is 27.7 Å². The molecule has 0 unspecified atom stereocenters. The van der Waals surface area contributed by atoms with E-state index >= 15 is 0 Å². The molecule has 112 valence electrons. The van der Waals surface area contributed by atoms with E-state index in [0.29, 0.717) is 13.0 Å². The third-order valence-electron chi connectivity index (χ3n) is 2.01. The number of aliphatic carboxylic acids is 1. The van der Waals surface area contributed by atoms with E-state index in [-0.39, 0.29) is 6.61 Å². The zero-order valence-electron chi connectivity index (χ0n) is 11.9. The van der Waals surface area contributed by atoms with Gasteiger partial charge < -0.3 is 25.1 Å². The summed E-state index contributed by atoms with van der Waals surface area (Å²) in [6.45, 7) is 6.35. The highest BCUT2D eigenvalue weighted by atomic mass is 16.6. The number of carbonyl (C=O) groups is 2. The van der Waals surface area contributed by atoms with Crippen LogP contribution in [0.4, 0.5) is 0 Å². The van der Waals surface area contributed by atoms with Crippen LogP contribution >= 0.6 is 0 Å². The first-order valence-electron chi connectivity index (χ1n) is 5.96. The van der Waals surface area contributed by atoms with E-state index in [1.165, 1.54) is 0 Å². The van der Waals surface area contributed by atoms with Crippen molar-refractivity contribution in [2.75, 3.05) is 19.8 Å². The molecule has 19 heavy (non-hydrogen) atoms. The minimum atomic E-state index is -1.13. The number of carboxylic acids is 1. The van der Waals surface area contributed by atoms with Gasteiger partial charge in [-0.05, 0) is 27.7 Å². The van der Waals surface area contributed by atoms with E-state index < -0.39 is 29.9 Å². The van der Waals surface area contributed by atoms with Crippen molar-refractivity contribution >= 4 is 11.9 Å². The number of ether oxygens (including phenoxy) is 3. The summed E-state index contributed by atoms with van der Waals surface area (Å²) in [6.07, 6.45) is 0.471. The number of carbonyl (C=O) groups excluding carboxylic acids is 1. The van der Waals surface area contributed by atoms with Crippen molar-refractivity contribution in [3.63, 3.8) is 0 Å². The predicted molar refractivity (Wildman–Crippen MR) is 67.5 cm³/mol. The molecule has 0 radical (unpaired) electrons. The van der Waals surface area contributed by atoms with Crippen LogP contribution in [-0.4, -0.2) is 48.2 Å². The van der Waals surface area contributed by atoms with Gasteiger partial charge in [0.1, 0.15) is 24.5 Å². The molecule has 0 aromatic heterocycles. The second kappa shape index (κ2) is 7.42. The number of rotatable bonds is 9. The molecule has 3 N–H and O–H groups in total. The Morgan fingerprint density at radius 3 is 2.21 bits per heavy atom. The Kier molecular flexibility index (Phi) is 6.96. The third kappa shape index (κ3) is 11.6. The lowest BCUT2D eigenvalue weighted by Gasteiger charge is -2.27.